The van der Waals surface area contributed by atoms with E-state index in [0.29, 0.717) is 17.9 Å². The number of benzene rings is 1. The molecule has 112 valence electrons. The summed E-state index contributed by atoms with van der Waals surface area (Å²) < 4.78 is 5.24. The fraction of sp³-hybridized carbons (Fsp3) is 0.500. The van der Waals surface area contributed by atoms with Gasteiger partial charge in [-0.1, -0.05) is 11.2 Å². The molecule has 0 aliphatic carbocycles. The van der Waals surface area contributed by atoms with Crippen LogP contribution in [-0.2, 0) is 6.54 Å². The van der Waals surface area contributed by atoms with Crippen molar-refractivity contribution < 1.29 is 15.1 Å². The molecule has 6 nitrogen and oxygen atoms in total. The molecule has 0 saturated carbocycles. The molecule has 0 saturated heterocycles. The fourth-order valence-corrected chi connectivity index (χ4v) is 1.59. The molecule has 0 aromatic heterocycles. The maximum Gasteiger partial charge on any atom is 0.173 e. The Morgan fingerprint density at radius 3 is 2.65 bits per heavy atom. The second-order valence-electron chi connectivity index (χ2n) is 5.27. The molecule has 5 N–H and O–H groups in total. The first-order chi connectivity index (χ1) is 9.31. The Bertz CT molecular complexity index is 485. The topological polar surface area (TPSA) is 100 Å². The van der Waals surface area contributed by atoms with Crippen LogP contribution in [0, 0.1) is 0 Å². The van der Waals surface area contributed by atoms with Gasteiger partial charge in [-0.25, -0.2) is 0 Å². The van der Waals surface area contributed by atoms with Crippen molar-refractivity contribution in [3.63, 3.8) is 0 Å². The summed E-state index contributed by atoms with van der Waals surface area (Å²) in [6, 6.07) is 5.42. The van der Waals surface area contributed by atoms with Crippen molar-refractivity contribution in [3.8, 4) is 5.75 Å². The van der Waals surface area contributed by atoms with E-state index in [1.54, 1.807) is 13.0 Å². The van der Waals surface area contributed by atoms with Crippen molar-refractivity contribution in [1.29, 1.82) is 0 Å². The molecule has 0 fully saturated rings. The van der Waals surface area contributed by atoms with Crippen molar-refractivity contribution in [3.05, 3.63) is 29.3 Å². The molecule has 0 spiro atoms. The van der Waals surface area contributed by atoms with Crippen LogP contribution in [0.3, 0.4) is 0 Å². The highest BCUT2D eigenvalue weighted by molar-refractivity contribution is 5.99. The van der Waals surface area contributed by atoms with Crippen LogP contribution in [0.2, 0.25) is 0 Å². The third-order valence-corrected chi connectivity index (χ3v) is 3.44. The summed E-state index contributed by atoms with van der Waals surface area (Å²) in [5, 5.41) is 24.6. The van der Waals surface area contributed by atoms with Gasteiger partial charge in [-0.3, -0.25) is 0 Å². The van der Waals surface area contributed by atoms with E-state index in [9.17, 15) is 5.11 Å². The highest BCUT2D eigenvalue weighted by atomic mass is 16.5. The predicted molar refractivity (Wildman–Crippen MR) is 78.1 cm³/mol. The van der Waals surface area contributed by atoms with E-state index in [4.69, 9.17) is 15.7 Å². The summed E-state index contributed by atoms with van der Waals surface area (Å²) >= 11 is 0. The monoisotopic (exact) mass is 281 g/mol. The molecule has 0 aliphatic heterocycles. The minimum atomic E-state index is -0.471. The predicted octanol–water partition coefficient (Wildman–Crippen LogP) is 1.04. The van der Waals surface area contributed by atoms with E-state index in [0.717, 1.165) is 5.56 Å². The smallest absolute Gasteiger partial charge is 0.173 e. The van der Waals surface area contributed by atoms with Gasteiger partial charge in [-0.2, -0.15) is 0 Å². The van der Waals surface area contributed by atoms with E-state index >= 15 is 0 Å². The normalized spacial score (nSPS) is 14.2. The Morgan fingerprint density at radius 1 is 1.50 bits per heavy atom. The molecule has 6 heteroatoms. The van der Waals surface area contributed by atoms with Crippen LogP contribution in [-0.4, -0.2) is 34.9 Å². The van der Waals surface area contributed by atoms with Crippen LogP contribution in [0.25, 0.3) is 0 Å². The number of nitrogens with zero attached hydrogens (tertiary/aromatic N) is 1. The zero-order valence-electron chi connectivity index (χ0n) is 12.3. The Balaban J connectivity index is 2.89. The zero-order chi connectivity index (χ0) is 15.3. The first kappa shape index (κ1) is 16.3. The highest BCUT2D eigenvalue weighted by Gasteiger charge is 2.23. The maximum absolute atomic E-state index is 9.66. The summed E-state index contributed by atoms with van der Waals surface area (Å²) in [5.74, 6) is 0.542. The Labute approximate surface area is 119 Å². The van der Waals surface area contributed by atoms with Gasteiger partial charge in [-0.15, -0.1) is 0 Å². The molecule has 0 amide bonds. The summed E-state index contributed by atoms with van der Waals surface area (Å²) in [4.78, 5) is 0. The lowest BCUT2D eigenvalue weighted by Crippen LogP contribution is -2.47. The average molecular weight is 281 g/mol. The maximum atomic E-state index is 9.66. The highest BCUT2D eigenvalue weighted by Crippen LogP contribution is 2.20. The van der Waals surface area contributed by atoms with Gasteiger partial charge in [0, 0.05) is 12.1 Å². The quantitative estimate of drug-likeness (QED) is 0.270. The van der Waals surface area contributed by atoms with Crippen LogP contribution in [0.15, 0.2) is 23.4 Å². The van der Waals surface area contributed by atoms with Crippen molar-refractivity contribution in [2.45, 2.75) is 39.0 Å². The van der Waals surface area contributed by atoms with E-state index in [-0.39, 0.29) is 5.84 Å². The Hall–Kier alpha value is -1.79. The number of nitrogens with one attached hydrogen (secondary N) is 1. The Kier molecular flexibility index (Phi) is 5.35. The van der Waals surface area contributed by atoms with Gasteiger partial charge in [0.1, 0.15) is 5.75 Å². The first-order valence-corrected chi connectivity index (χ1v) is 6.39. The van der Waals surface area contributed by atoms with Crippen LogP contribution in [0.4, 0.5) is 0 Å². The van der Waals surface area contributed by atoms with Gasteiger partial charge in [0.05, 0.1) is 18.8 Å². The lowest BCUT2D eigenvalue weighted by molar-refractivity contribution is 0.0956. The number of aliphatic hydroxyl groups is 1. The van der Waals surface area contributed by atoms with Gasteiger partial charge in [-0.05, 0) is 38.5 Å². The number of ether oxygens (including phenoxy) is 1. The van der Waals surface area contributed by atoms with E-state index < -0.39 is 11.6 Å². The number of aliphatic hydroxyl groups excluding tert-OH is 1. The van der Waals surface area contributed by atoms with Crippen LogP contribution in [0.5, 0.6) is 5.75 Å². The molecule has 1 atom stereocenters. The third-order valence-electron chi connectivity index (χ3n) is 3.44. The number of hydrogen-bond donors (Lipinski definition) is 4. The van der Waals surface area contributed by atoms with Crippen molar-refractivity contribution in [2.24, 2.45) is 10.9 Å². The number of rotatable bonds is 6. The molecule has 20 heavy (non-hydrogen) atoms. The van der Waals surface area contributed by atoms with Gasteiger partial charge in [0.2, 0.25) is 0 Å². The molecule has 1 aromatic rings. The molecule has 0 radical (unpaired) electrons. The minimum Gasteiger partial charge on any atom is -0.496 e. The SMILES string of the molecule is COc1cc(CNC(C)(C)C(C)O)ccc1/C(N)=N/O. The summed E-state index contributed by atoms with van der Waals surface area (Å²) in [5.41, 5.74) is 6.70. The summed E-state index contributed by atoms with van der Waals surface area (Å²) in [6.07, 6.45) is -0.471. The molecule has 1 unspecified atom stereocenters. The fourth-order valence-electron chi connectivity index (χ4n) is 1.59. The lowest BCUT2D eigenvalue weighted by Gasteiger charge is -2.29. The minimum absolute atomic E-state index is 0.00525. The molecule has 0 heterocycles. The van der Waals surface area contributed by atoms with Crippen molar-refractivity contribution in [2.75, 3.05) is 7.11 Å². The first-order valence-electron chi connectivity index (χ1n) is 6.39. The molecule has 0 aliphatic rings. The van der Waals surface area contributed by atoms with E-state index in [1.807, 2.05) is 26.0 Å². The zero-order valence-corrected chi connectivity index (χ0v) is 12.3. The Morgan fingerprint density at radius 2 is 2.15 bits per heavy atom. The number of amidine groups is 1. The van der Waals surface area contributed by atoms with Gasteiger partial charge in [0.25, 0.3) is 0 Å². The summed E-state index contributed by atoms with van der Waals surface area (Å²) in [6.45, 7) is 6.18. The van der Waals surface area contributed by atoms with Gasteiger partial charge < -0.3 is 26.1 Å². The molecule has 1 rings (SSSR count). The summed E-state index contributed by atoms with van der Waals surface area (Å²) in [7, 11) is 1.53. The van der Waals surface area contributed by atoms with Gasteiger partial charge >= 0.3 is 0 Å². The third kappa shape index (κ3) is 3.85. The van der Waals surface area contributed by atoms with Crippen LogP contribution < -0.4 is 15.8 Å². The molecule has 0 bridgehead atoms. The van der Waals surface area contributed by atoms with E-state index in [2.05, 4.69) is 10.5 Å². The molecule has 1 aromatic carbocycles. The number of nitrogens with two attached hydrogens (primary N) is 1. The lowest BCUT2D eigenvalue weighted by atomic mass is 9.98. The largest absolute Gasteiger partial charge is 0.496 e. The number of oxime groups is 1. The number of methoxy groups -OCH3 is 1. The second-order valence-corrected chi connectivity index (χ2v) is 5.27. The van der Waals surface area contributed by atoms with Crippen LogP contribution in [0.1, 0.15) is 31.9 Å². The standard InChI is InChI=1S/C14H23N3O3/c1-9(18)14(2,3)16-8-10-5-6-11(13(15)17-19)12(7-10)20-4/h5-7,9,16,18-19H,8H2,1-4H3,(H2,15,17). The van der Waals surface area contributed by atoms with Crippen LogP contribution >= 0.6 is 0 Å². The van der Waals surface area contributed by atoms with E-state index in [1.165, 1.54) is 7.11 Å². The van der Waals surface area contributed by atoms with Crippen molar-refractivity contribution in [1.82, 2.24) is 5.32 Å². The van der Waals surface area contributed by atoms with Crippen molar-refractivity contribution >= 4 is 5.84 Å². The second kappa shape index (κ2) is 6.58. The molecular formula is C14H23N3O3. The van der Waals surface area contributed by atoms with Gasteiger partial charge in [0.15, 0.2) is 5.84 Å². The average Bonchev–Trinajstić information content (AvgIpc) is 2.43. The molecular weight excluding hydrogens is 258 g/mol. The number of hydrogen-bond acceptors (Lipinski definition) is 5.